The average molecular weight is 1050 g/mol. The van der Waals surface area contributed by atoms with E-state index in [0.29, 0.717) is 11.9 Å². The number of aryl methyl sites for hydroxylation is 1. The lowest BCUT2D eigenvalue weighted by atomic mass is 9.93. The van der Waals surface area contributed by atoms with Crippen molar-refractivity contribution in [1.82, 2.24) is 29.1 Å². The van der Waals surface area contributed by atoms with Crippen LogP contribution in [0.3, 0.4) is 0 Å². The molecule has 0 aliphatic rings. The molecule has 6 aromatic heterocycles. The second-order valence-electron chi connectivity index (χ2n) is 20.8. The Hall–Kier alpha value is -10.5. The molecule has 0 aliphatic heterocycles. The number of benzene rings is 11. The molecule has 0 spiro atoms. The highest BCUT2D eigenvalue weighted by atomic mass is 32.1. The smallest absolute Gasteiger partial charge is 0.235 e. The zero-order chi connectivity index (χ0) is 53.4. The third-order valence-electron chi connectivity index (χ3n) is 16.4. The summed E-state index contributed by atoms with van der Waals surface area (Å²) in [4.78, 5) is 23.4. The Morgan fingerprint density at radius 1 is 0.432 bits per heavy atom. The summed E-state index contributed by atoms with van der Waals surface area (Å²) in [6.07, 6.45) is 6.13. The molecule has 17 aromatic rings. The zero-order valence-corrected chi connectivity index (χ0v) is 44.5. The van der Waals surface area contributed by atoms with E-state index in [1.54, 1.807) is 0 Å². The van der Waals surface area contributed by atoms with Crippen LogP contribution in [0.4, 0.5) is 0 Å². The largest absolute Gasteiger partial charge is 0.455 e. The summed E-state index contributed by atoms with van der Waals surface area (Å²) in [7, 11) is 0. The first-order valence-electron chi connectivity index (χ1n) is 27.3. The van der Waals surface area contributed by atoms with E-state index in [4.69, 9.17) is 24.4 Å². The van der Waals surface area contributed by atoms with Gasteiger partial charge in [0.2, 0.25) is 11.9 Å². The number of allylic oxidation sites excluding steroid dienone is 2. The Balaban J connectivity index is 1.03. The predicted molar refractivity (Wildman–Crippen MR) is 339 cm³/mol. The van der Waals surface area contributed by atoms with Crippen LogP contribution >= 0.6 is 11.3 Å². The molecule has 0 N–H and O–H groups in total. The highest BCUT2D eigenvalue weighted by Crippen LogP contribution is 2.51. The fourth-order valence-electron chi connectivity index (χ4n) is 13.0. The van der Waals surface area contributed by atoms with Gasteiger partial charge in [-0.1, -0.05) is 213 Å². The van der Waals surface area contributed by atoms with Gasteiger partial charge in [0.1, 0.15) is 11.2 Å². The minimum Gasteiger partial charge on any atom is -0.455 e. The van der Waals surface area contributed by atoms with Crippen molar-refractivity contribution in [3.63, 3.8) is 0 Å². The number of thiophene rings is 1. The molecule has 378 valence electrons. The van der Waals surface area contributed by atoms with Crippen molar-refractivity contribution in [3.8, 4) is 45.5 Å². The molecule has 0 bridgehead atoms. The molecule has 8 heteroatoms. The molecule has 0 atom stereocenters. The molecule has 6 heterocycles. The summed E-state index contributed by atoms with van der Waals surface area (Å²) in [6.45, 7) is 6.31. The minimum absolute atomic E-state index is 0.596. The predicted octanol–water partition coefficient (Wildman–Crippen LogP) is 19.7. The van der Waals surface area contributed by atoms with E-state index < -0.39 is 0 Å². The zero-order valence-electron chi connectivity index (χ0n) is 43.7. The Morgan fingerprint density at radius 3 is 1.67 bits per heavy atom. The number of hydrogen-bond acceptors (Lipinski definition) is 6. The maximum absolute atomic E-state index is 7.23. The normalized spacial score (nSPS) is 12.3. The van der Waals surface area contributed by atoms with Crippen molar-refractivity contribution < 1.29 is 4.42 Å². The van der Waals surface area contributed by atoms with Crippen LogP contribution in [-0.4, -0.2) is 29.1 Å². The number of rotatable bonds is 7. The molecule has 0 saturated carbocycles. The van der Waals surface area contributed by atoms with Gasteiger partial charge >= 0.3 is 0 Å². The molecule has 0 radical (unpaired) electrons. The van der Waals surface area contributed by atoms with Crippen LogP contribution in [0.15, 0.2) is 242 Å². The van der Waals surface area contributed by atoms with Gasteiger partial charge in [0.15, 0.2) is 0 Å². The van der Waals surface area contributed by atoms with E-state index in [1.807, 2.05) is 23.5 Å². The van der Waals surface area contributed by atoms with Crippen LogP contribution in [0.2, 0.25) is 0 Å². The standard InChI is InChI=1S/C73H44N6OS/c1-3-4-26-46-42(2)81-71-49-28-12-11-27-48(49)68-63(65(46)71)53-40-39-45(41-59(53)79(68)73-75-57-36-18-14-30-51(57)67(77-73)44-24-9-6-10-25-44)47-33-21-34-55-61(47)70-64(54-32-16-20-38-60(54)80-70)62-52-31-15-19-37-58(52)78(69(55)62)72-74-56-35-17-13-29-50(56)66(76-72)43-22-7-5-8-23-43/h3-41H,1H2,2H3/b26-4-. The van der Waals surface area contributed by atoms with Crippen molar-refractivity contribution in [1.29, 1.82) is 0 Å². The average Bonchev–Trinajstić information content (AvgIpc) is 3.36. The topological polar surface area (TPSA) is 74.6 Å². The Morgan fingerprint density at radius 2 is 0.975 bits per heavy atom. The quantitative estimate of drug-likeness (QED) is 0.149. The highest BCUT2D eigenvalue weighted by Gasteiger charge is 2.29. The van der Waals surface area contributed by atoms with Crippen molar-refractivity contribution in [3.05, 3.63) is 248 Å². The van der Waals surface area contributed by atoms with E-state index in [9.17, 15) is 0 Å². The van der Waals surface area contributed by atoms with Gasteiger partial charge in [-0.25, -0.2) is 19.9 Å². The van der Waals surface area contributed by atoms with Gasteiger partial charge < -0.3 is 4.42 Å². The van der Waals surface area contributed by atoms with Crippen molar-refractivity contribution in [2.75, 3.05) is 0 Å². The molecule has 7 nitrogen and oxygen atoms in total. The molecular weight excluding hydrogens is 1010 g/mol. The first-order chi connectivity index (χ1) is 40.1. The molecule has 0 unspecified atom stereocenters. The molecule has 0 aliphatic carbocycles. The monoisotopic (exact) mass is 1050 g/mol. The molecule has 11 aromatic carbocycles. The number of nitrogens with zero attached hydrogens (tertiary/aromatic N) is 6. The highest BCUT2D eigenvalue weighted by molar-refractivity contribution is 7.20. The van der Waals surface area contributed by atoms with E-state index in [0.717, 1.165) is 137 Å². The molecular formula is C73H44N6OS. The van der Waals surface area contributed by atoms with E-state index in [1.165, 1.54) is 25.9 Å². The summed E-state index contributed by atoms with van der Waals surface area (Å²) in [5.74, 6) is 1.19. The summed E-state index contributed by atoms with van der Waals surface area (Å²) in [5.41, 5.74) is 14.5. The Kier molecular flexibility index (Phi) is 9.82. The van der Waals surface area contributed by atoms with Gasteiger partial charge in [-0.2, -0.15) is 0 Å². The van der Waals surface area contributed by atoms with E-state index in [2.05, 4.69) is 247 Å². The van der Waals surface area contributed by atoms with Crippen LogP contribution in [0.5, 0.6) is 0 Å². The lowest BCUT2D eigenvalue weighted by Crippen LogP contribution is -2.04. The van der Waals surface area contributed by atoms with Crippen LogP contribution in [0, 0.1) is 6.92 Å². The Labute approximate surface area is 467 Å². The lowest BCUT2D eigenvalue weighted by molar-refractivity contribution is 0.673. The summed E-state index contributed by atoms with van der Waals surface area (Å²) in [6, 6.07) is 77.2. The lowest BCUT2D eigenvalue weighted by Gasteiger charge is -2.15. The summed E-state index contributed by atoms with van der Waals surface area (Å²) < 4.78 is 13.1. The second-order valence-corrected chi connectivity index (χ2v) is 22.0. The van der Waals surface area contributed by atoms with E-state index >= 15 is 0 Å². The van der Waals surface area contributed by atoms with Crippen molar-refractivity contribution >= 4 is 136 Å². The Bertz CT molecular complexity index is 5570. The fraction of sp³-hybridized carbons (Fsp3) is 0.0137. The summed E-state index contributed by atoms with van der Waals surface area (Å²) >= 11 is 1.85. The number of furan rings is 1. The molecule has 17 rings (SSSR count). The van der Waals surface area contributed by atoms with Gasteiger partial charge in [0.05, 0.1) is 44.5 Å². The fourth-order valence-corrected chi connectivity index (χ4v) is 14.2. The number of aromatic nitrogens is 6. The third-order valence-corrected chi connectivity index (χ3v) is 17.6. The van der Waals surface area contributed by atoms with E-state index in [-0.39, 0.29) is 0 Å². The first kappa shape index (κ1) is 45.5. The van der Waals surface area contributed by atoms with Crippen LogP contribution < -0.4 is 0 Å². The van der Waals surface area contributed by atoms with Gasteiger partial charge in [0, 0.05) is 90.7 Å². The molecule has 0 amide bonds. The maximum Gasteiger partial charge on any atom is 0.235 e. The molecule has 0 fully saturated rings. The minimum atomic E-state index is 0.596. The van der Waals surface area contributed by atoms with Crippen molar-refractivity contribution in [2.24, 2.45) is 0 Å². The van der Waals surface area contributed by atoms with Gasteiger partial charge in [-0.15, -0.1) is 11.3 Å². The summed E-state index contributed by atoms with van der Waals surface area (Å²) in [5, 5.41) is 14.1. The number of fused-ring (bicyclic) bond motifs is 20. The maximum atomic E-state index is 7.23. The van der Waals surface area contributed by atoms with Crippen LogP contribution in [0.25, 0.3) is 171 Å². The second kappa shape index (κ2) is 17.5. The molecule has 0 saturated heterocycles. The van der Waals surface area contributed by atoms with Crippen molar-refractivity contribution in [2.45, 2.75) is 6.92 Å². The van der Waals surface area contributed by atoms with Crippen LogP contribution in [-0.2, 0) is 0 Å². The van der Waals surface area contributed by atoms with Gasteiger partial charge in [-0.05, 0) is 53.9 Å². The number of para-hydroxylation sites is 4. The number of hydrogen-bond donors (Lipinski definition) is 0. The molecule has 81 heavy (non-hydrogen) atoms. The third kappa shape index (κ3) is 6.56. The SMILES string of the molecule is C=C/C=C\c1c(C)sc2c3ccccc3c3c(c4ccc(-c5cccc6c5c5oc7ccccc7c5c5c7ccccc7n(-c7nc(-c8ccccc8)c8ccccc8n7)c65)cc4n3-c3nc(-c4ccccc4)c4ccccc4n3)c12. The first-order valence-corrected chi connectivity index (χ1v) is 28.1. The van der Waals surface area contributed by atoms with Gasteiger partial charge in [0.25, 0.3) is 0 Å². The van der Waals surface area contributed by atoms with Gasteiger partial charge in [-0.3, -0.25) is 9.13 Å². The van der Waals surface area contributed by atoms with Crippen LogP contribution in [0.1, 0.15) is 10.4 Å².